The predicted octanol–water partition coefficient (Wildman–Crippen LogP) is 2.15. The summed E-state index contributed by atoms with van der Waals surface area (Å²) in [5.74, 6) is 0.489. The Hall–Kier alpha value is -0.630. The molecule has 0 spiro atoms. The second-order valence-corrected chi connectivity index (χ2v) is 9.65. The number of ether oxygens (including phenoxy) is 1. The van der Waals surface area contributed by atoms with Crippen LogP contribution in [0.3, 0.4) is 0 Å². The Kier molecular flexibility index (Phi) is 11.0. The van der Waals surface area contributed by atoms with E-state index in [0.29, 0.717) is 49.4 Å². The van der Waals surface area contributed by atoms with Gasteiger partial charge in [0.15, 0.2) is 5.96 Å². The number of hydrogen-bond donors (Lipinski definition) is 2. The molecule has 0 bridgehead atoms. The van der Waals surface area contributed by atoms with Gasteiger partial charge in [-0.2, -0.15) is 0 Å². The van der Waals surface area contributed by atoms with E-state index in [1.807, 2.05) is 0 Å². The van der Waals surface area contributed by atoms with Crippen LogP contribution in [-0.2, 0) is 19.6 Å². The molecule has 160 valence electrons. The number of piperidine rings is 1. The summed E-state index contributed by atoms with van der Waals surface area (Å²) in [5, 5.41) is 3.15. The lowest BCUT2D eigenvalue weighted by molar-refractivity contribution is -0.149. The van der Waals surface area contributed by atoms with Gasteiger partial charge in [0.2, 0.25) is 10.0 Å². The zero-order valence-electron chi connectivity index (χ0n) is 15.8. The zero-order valence-corrected chi connectivity index (χ0v) is 20.5. The molecule has 0 atom stereocenters. The lowest BCUT2D eigenvalue weighted by Crippen LogP contribution is -2.48. The van der Waals surface area contributed by atoms with Crippen LogP contribution in [0.1, 0.15) is 19.8 Å². The normalized spacial score (nSPS) is 15.8. The Bertz CT molecular complexity index is 764. The van der Waals surface area contributed by atoms with Gasteiger partial charge in [-0.05, 0) is 31.9 Å². The third-order valence-corrected chi connectivity index (χ3v) is 7.32. The molecule has 1 aromatic rings. The van der Waals surface area contributed by atoms with E-state index in [1.165, 1.54) is 6.07 Å². The molecule has 12 heteroatoms. The smallest absolute Gasteiger partial charge is 0.309 e. The summed E-state index contributed by atoms with van der Waals surface area (Å²) in [4.78, 5) is 18.1. The van der Waals surface area contributed by atoms with Crippen molar-refractivity contribution in [2.75, 3.05) is 39.8 Å². The van der Waals surface area contributed by atoms with Crippen LogP contribution in [0.4, 0.5) is 0 Å². The first-order valence-electron chi connectivity index (χ1n) is 8.74. The van der Waals surface area contributed by atoms with Crippen LogP contribution in [0.5, 0.6) is 0 Å². The molecule has 1 aromatic heterocycles. The van der Waals surface area contributed by atoms with Gasteiger partial charge in [0.05, 0.1) is 16.9 Å². The van der Waals surface area contributed by atoms with Gasteiger partial charge in [0.1, 0.15) is 4.21 Å². The molecule has 1 saturated heterocycles. The number of hydrogen-bond acceptors (Lipinski definition) is 6. The third-order valence-electron chi connectivity index (χ3n) is 4.14. The molecule has 0 aromatic carbocycles. The fourth-order valence-corrected chi connectivity index (χ4v) is 5.35. The lowest BCUT2D eigenvalue weighted by Gasteiger charge is -2.33. The number of carbonyl (C=O) groups is 1. The van der Waals surface area contributed by atoms with Gasteiger partial charge in [-0.3, -0.25) is 9.79 Å². The summed E-state index contributed by atoms with van der Waals surface area (Å²) in [6, 6.07) is 3.04. The van der Waals surface area contributed by atoms with Crippen molar-refractivity contribution in [1.29, 1.82) is 0 Å². The highest BCUT2D eigenvalue weighted by molar-refractivity contribution is 14.0. The van der Waals surface area contributed by atoms with Crippen molar-refractivity contribution < 1.29 is 17.9 Å². The third kappa shape index (κ3) is 7.32. The van der Waals surface area contributed by atoms with E-state index >= 15 is 0 Å². The number of halogens is 2. The van der Waals surface area contributed by atoms with Gasteiger partial charge in [-0.25, -0.2) is 13.1 Å². The van der Waals surface area contributed by atoms with E-state index in [0.717, 1.165) is 11.3 Å². The number of rotatable bonds is 7. The Morgan fingerprint density at radius 3 is 2.57 bits per heavy atom. The van der Waals surface area contributed by atoms with Gasteiger partial charge in [0.25, 0.3) is 0 Å². The van der Waals surface area contributed by atoms with Crippen molar-refractivity contribution >= 4 is 68.9 Å². The second kappa shape index (κ2) is 12.2. The average Bonchev–Trinajstić information content (AvgIpc) is 3.10. The molecule has 2 rings (SSSR count). The molecule has 0 saturated carbocycles. The molecule has 28 heavy (non-hydrogen) atoms. The number of likely N-dealkylation sites (tertiary alicyclic amines) is 1. The number of nitrogens with one attached hydrogen (secondary N) is 2. The number of esters is 1. The van der Waals surface area contributed by atoms with Crippen LogP contribution in [0.2, 0.25) is 4.34 Å². The Labute approximate surface area is 192 Å². The van der Waals surface area contributed by atoms with Crippen molar-refractivity contribution in [2.24, 2.45) is 10.9 Å². The van der Waals surface area contributed by atoms with Crippen LogP contribution < -0.4 is 10.0 Å². The van der Waals surface area contributed by atoms with E-state index in [1.54, 1.807) is 20.0 Å². The Morgan fingerprint density at radius 1 is 1.36 bits per heavy atom. The number of carbonyl (C=O) groups excluding carboxylic acids is 1. The van der Waals surface area contributed by atoms with Crippen molar-refractivity contribution in [1.82, 2.24) is 14.9 Å². The maximum absolute atomic E-state index is 12.1. The molecule has 0 aliphatic carbocycles. The Balaban J connectivity index is 0.00000392. The average molecular weight is 565 g/mol. The molecule has 1 aliphatic rings. The number of guanidine groups is 1. The second-order valence-electron chi connectivity index (χ2n) is 5.94. The molecule has 1 fully saturated rings. The number of aliphatic imine (C=N–C) groups is 1. The number of thiophene rings is 1. The minimum Gasteiger partial charge on any atom is -0.466 e. The standard InChI is InChI=1S/C16H25ClN4O4S2.HI/c1-3-25-15(22)12-6-10-21(11-7-12)16(18-2)19-8-9-20-27(23,24)14-5-4-13(17)26-14;/h4-5,12,20H,3,6-11H2,1-2H3,(H,18,19);1H. The summed E-state index contributed by atoms with van der Waals surface area (Å²) in [6.45, 7) is 4.21. The van der Waals surface area contributed by atoms with E-state index in [2.05, 4.69) is 19.9 Å². The van der Waals surface area contributed by atoms with Gasteiger partial charge in [-0.15, -0.1) is 35.3 Å². The summed E-state index contributed by atoms with van der Waals surface area (Å²) in [5.41, 5.74) is 0. The van der Waals surface area contributed by atoms with Gasteiger partial charge >= 0.3 is 5.97 Å². The SMILES string of the molecule is CCOC(=O)C1CCN(C(=NC)NCCNS(=O)(=O)c2ccc(Cl)s2)CC1.I. The number of sulfonamides is 1. The summed E-state index contributed by atoms with van der Waals surface area (Å²) in [6.07, 6.45) is 1.43. The first kappa shape index (κ1) is 25.4. The molecule has 1 aliphatic heterocycles. The minimum absolute atomic E-state index is 0. The fourth-order valence-electron chi connectivity index (χ4n) is 2.79. The van der Waals surface area contributed by atoms with Crippen LogP contribution in [0.15, 0.2) is 21.3 Å². The molecular weight excluding hydrogens is 539 g/mol. The maximum Gasteiger partial charge on any atom is 0.309 e. The minimum atomic E-state index is -3.55. The van der Waals surface area contributed by atoms with Crippen LogP contribution in [0.25, 0.3) is 0 Å². The van der Waals surface area contributed by atoms with Crippen molar-refractivity contribution in [3.8, 4) is 0 Å². The van der Waals surface area contributed by atoms with E-state index < -0.39 is 10.0 Å². The quantitative estimate of drug-likeness (QED) is 0.173. The van der Waals surface area contributed by atoms with E-state index in [9.17, 15) is 13.2 Å². The lowest BCUT2D eigenvalue weighted by atomic mass is 9.97. The first-order valence-corrected chi connectivity index (χ1v) is 11.4. The predicted molar refractivity (Wildman–Crippen MR) is 122 cm³/mol. The van der Waals surface area contributed by atoms with Crippen molar-refractivity contribution in [3.63, 3.8) is 0 Å². The number of nitrogens with zero attached hydrogens (tertiary/aromatic N) is 2. The highest BCUT2D eigenvalue weighted by atomic mass is 127. The highest BCUT2D eigenvalue weighted by Gasteiger charge is 2.27. The monoisotopic (exact) mass is 564 g/mol. The first-order chi connectivity index (χ1) is 12.9. The molecule has 8 nitrogen and oxygen atoms in total. The largest absolute Gasteiger partial charge is 0.466 e. The van der Waals surface area contributed by atoms with Crippen LogP contribution in [0, 0.1) is 5.92 Å². The fraction of sp³-hybridized carbons (Fsp3) is 0.625. The molecule has 2 heterocycles. The summed E-state index contributed by atoms with van der Waals surface area (Å²) in [7, 11) is -1.87. The van der Waals surface area contributed by atoms with Crippen LogP contribution >= 0.6 is 46.9 Å². The van der Waals surface area contributed by atoms with Crippen molar-refractivity contribution in [2.45, 2.75) is 24.0 Å². The topological polar surface area (TPSA) is 100 Å². The van der Waals surface area contributed by atoms with Gasteiger partial charge < -0.3 is 15.0 Å². The van der Waals surface area contributed by atoms with Crippen molar-refractivity contribution in [3.05, 3.63) is 16.5 Å². The molecular formula is C16H26ClIN4O4S2. The Morgan fingerprint density at radius 2 is 2.04 bits per heavy atom. The van der Waals surface area contributed by atoms with Gasteiger partial charge in [-0.1, -0.05) is 11.6 Å². The molecule has 0 unspecified atom stereocenters. The van der Waals surface area contributed by atoms with Crippen LogP contribution in [-0.4, -0.2) is 65.1 Å². The maximum atomic E-state index is 12.1. The molecule has 0 radical (unpaired) electrons. The summed E-state index contributed by atoms with van der Waals surface area (Å²) < 4.78 is 32.5. The zero-order chi connectivity index (χ0) is 19.9. The van der Waals surface area contributed by atoms with E-state index in [4.69, 9.17) is 16.3 Å². The summed E-state index contributed by atoms with van der Waals surface area (Å²) >= 11 is 6.80. The molecule has 2 N–H and O–H groups in total. The van der Waals surface area contributed by atoms with Gasteiger partial charge in [0, 0.05) is 33.2 Å². The highest BCUT2D eigenvalue weighted by Crippen LogP contribution is 2.25. The van der Waals surface area contributed by atoms with E-state index in [-0.39, 0.29) is 46.6 Å². The molecule has 0 amide bonds.